The molecule has 80 valence electrons. The summed E-state index contributed by atoms with van der Waals surface area (Å²) in [6.07, 6.45) is 1.63. The number of hydrogen-bond acceptors (Lipinski definition) is 2. The first-order chi connectivity index (χ1) is 7.66. The summed E-state index contributed by atoms with van der Waals surface area (Å²) in [4.78, 5) is 16.1. The summed E-state index contributed by atoms with van der Waals surface area (Å²) in [6.45, 7) is 1.86. The van der Waals surface area contributed by atoms with Crippen molar-refractivity contribution in [3.63, 3.8) is 0 Å². The lowest BCUT2D eigenvalue weighted by molar-refractivity contribution is 0.103. The SMILES string of the molecule is Cc1cc(C(=O)c2cccc(Cl)c2)ccn1. The zero-order valence-electron chi connectivity index (χ0n) is 8.77. The van der Waals surface area contributed by atoms with Crippen LogP contribution in [0.4, 0.5) is 0 Å². The molecule has 0 unspecified atom stereocenters. The van der Waals surface area contributed by atoms with Gasteiger partial charge in [0.05, 0.1) is 0 Å². The first kappa shape index (κ1) is 10.8. The Morgan fingerprint density at radius 1 is 1.19 bits per heavy atom. The molecule has 1 aromatic carbocycles. The highest BCUT2D eigenvalue weighted by molar-refractivity contribution is 6.31. The number of carbonyl (C=O) groups is 1. The minimum Gasteiger partial charge on any atom is -0.289 e. The molecule has 2 nitrogen and oxygen atoms in total. The fourth-order valence-electron chi connectivity index (χ4n) is 1.48. The van der Waals surface area contributed by atoms with Crippen molar-refractivity contribution < 1.29 is 4.79 Å². The second-order valence-electron chi connectivity index (χ2n) is 3.53. The molecule has 0 spiro atoms. The highest BCUT2D eigenvalue weighted by Gasteiger charge is 2.09. The van der Waals surface area contributed by atoms with Crippen LogP contribution in [0.5, 0.6) is 0 Å². The number of pyridine rings is 1. The van der Waals surface area contributed by atoms with Crippen LogP contribution in [0.15, 0.2) is 42.6 Å². The summed E-state index contributed by atoms with van der Waals surface area (Å²) in [7, 11) is 0. The van der Waals surface area contributed by atoms with E-state index in [1.165, 1.54) is 0 Å². The van der Waals surface area contributed by atoms with Crippen molar-refractivity contribution in [3.8, 4) is 0 Å². The fraction of sp³-hybridized carbons (Fsp3) is 0.0769. The molecule has 0 saturated heterocycles. The van der Waals surface area contributed by atoms with Crippen molar-refractivity contribution in [2.75, 3.05) is 0 Å². The van der Waals surface area contributed by atoms with Gasteiger partial charge >= 0.3 is 0 Å². The van der Waals surface area contributed by atoms with Crippen molar-refractivity contribution >= 4 is 17.4 Å². The van der Waals surface area contributed by atoms with Gasteiger partial charge in [0, 0.05) is 28.0 Å². The van der Waals surface area contributed by atoms with Crippen LogP contribution in [-0.2, 0) is 0 Å². The van der Waals surface area contributed by atoms with E-state index < -0.39 is 0 Å². The maximum absolute atomic E-state index is 12.1. The Morgan fingerprint density at radius 2 is 1.94 bits per heavy atom. The number of aromatic nitrogens is 1. The second kappa shape index (κ2) is 4.45. The summed E-state index contributed by atoms with van der Waals surface area (Å²) >= 11 is 5.84. The minimum absolute atomic E-state index is 0.0343. The van der Waals surface area contributed by atoms with Crippen LogP contribution in [0, 0.1) is 6.92 Å². The molecular weight excluding hydrogens is 222 g/mol. The zero-order valence-corrected chi connectivity index (χ0v) is 9.53. The number of nitrogens with zero attached hydrogens (tertiary/aromatic N) is 1. The lowest BCUT2D eigenvalue weighted by atomic mass is 10.0. The van der Waals surface area contributed by atoms with E-state index in [2.05, 4.69) is 4.98 Å². The number of aryl methyl sites for hydroxylation is 1. The summed E-state index contributed by atoms with van der Waals surface area (Å²) in [6, 6.07) is 10.4. The number of rotatable bonds is 2. The first-order valence-corrected chi connectivity index (χ1v) is 5.27. The third-order valence-electron chi connectivity index (χ3n) is 2.25. The van der Waals surface area contributed by atoms with Gasteiger partial charge < -0.3 is 0 Å². The average Bonchev–Trinajstić information content (AvgIpc) is 2.28. The molecule has 0 radical (unpaired) electrons. The van der Waals surface area contributed by atoms with Gasteiger partial charge in [-0.1, -0.05) is 23.7 Å². The summed E-state index contributed by atoms with van der Waals surface area (Å²) in [5.74, 6) is -0.0343. The summed E-state index contributed by atoms with van der Waals surface area (Å²) in [5, 5.41) is 0.566. The third kappa shape index (κ3) is 2.28. The van der Waals surface area contributed by atoms with Crippen LogP contribution in [0.1, 0.15) is 21.6 Å². The van der Waals surface area contributed by atoms with Crippen LogP contribution in [0.2, 0.25) is 5.02 Å². The molecule has 16 heavy (non-hydrogen) atoms. The van der Waals surface area contributed by atoms with Gasteiger partial charge in [0.15, 0.2) is 5.78 Å². The predicted octanol–water partition coefficient (Wildman–Crippen LogP) is 3.27. The van der Waals surface area contributed by atoms with Gasteiger partial charge in [-0.15, -0.1) is 0 Å². The van der Waals surface area contributed by atoms with Gasteiger partial charge in [0.25, 0.3) is 0 Å². The number of halogens is 1. The standard InChI is InChI=1S/C13H10ClNO/c1-9-7-11(5-6-15-9)13(16)10-3-2-4-12(14)8-10/h2-8H,1H3. The lowest BCUT2D eigenvalue weighted by Gasteiger charge is -2.02. The number of benzene rings is 1. The van der Waals surface area contributed by atoms with Crippen molar-refractivity contribution in [2.45, 2.75) is 6.92 Å². The molecule has 2 rings (SSSR count). The summed E-state index contributed by atoms with van der Waals surface area (Å²) < 4.78 is 0. The normalized spacial score (nSPS) is 10.1. The molecule has 0 saturated carbocycles. The number of carbonyl (C=O) groups excluding carboxylic acids is 1. The Bertz CT molecular complexity index is 489. The fourth-order valence-corrected chi connectivity index (χ4v) is 1.67. The van der Waals surface area contributed by atoms with Gasteiger partial charge in [-0.05, 0) is 31.2 Å². The van der Waals surface area contributed by atoms with E-state index in [0.29, 0.717) is 16.1 Å². The smallest absolute Gasteiger partial charge is 0.193 e. The topological polar surface area (TPSA) is 30.0 Å². The molecule has 1 heterocycles. The molecule has 0 fully saturated rings. The minimum atomic E-state index is -0.0343. The Labute approximate surface area is 98.9 Å². The highest BCUT2D eigenvalue weighted by Crippen LogP contribution is 2.15. The van der Waals surface area contributed by atoms with Crippen LogP contribution < -0.4 is 0 Å². The van der Waals surface area contributed by atoms with Crippen LogP contribution in [-0.4, -0.2) is 10.8 Å². The van der Waals surface area contributed by atoms with Gasteiger partial charge in [-0.3, -0.25) is 9.78 Å². The average molecular weight is 232 g/mol. The molecule has 0 aliphatic rings. The highest BCUT2D eigenvalue weighted by atomic mass is 35.5. The van der Waals surface area contributed by atoms with Gasteiger partial charge in [-0.25, -0.2) is 0 Å². The van der Waals surface area contributed by atoms with E-state index in [1.807, 2.05) is 6.92 Å². The molecule has 3 heteroatoms. The Hall–Kier alpha value is -1.67. The third-order valence-corrected chi connectivity index (χ3v) is 2.48. The van der Waals surface area contributed by atoms with Crippen LogP contribution in [0.3, 0.4) is 0 Å². The number of ketones is 1. The molecular formula is C13H10ClNO. The van der Waals surface area contributed by atoms with Crippen LogP contribution >= 0.6 is 11.6 Å². The summed E-state index contributed by atoms with van der Waals surface area (Å²) in [5.41, 5.74) is 2.06. The van der Waals surface area contributed by atoms with E-state index >= 15 is 0 Å². The monoisotopic (exact) mass is 231 g/mol. The Balaban J connectivity index is 2.39. The molecule has 0 N–H and O–H groups in total. The van der Waals surface area contributed by atoms with E-state index in [1.54, 1.807) is 42.6 Å². The maximum atomic E-state index is 12.1. The number of hydrogen-bond donors (Lipinski definition) is 0. The molecule has 0 amide bonds. The Kier molecular flexibility index (Phi) is 3.02. The van der Waals surface area contributed by atoms with Crippen molar-refractivity contribution in [2.24, 2.45) is 0 Å². The molecule has 0 bridgehead atoms. The molecule has 1 aromatic heterocycles. The van der Waals surface area contributed by atoms with Crippen molar-refractivity contribution in [1.82, 2.24) is 4.98 Å². The van der Waals surface area contributed by atoms with E-state index in [-0.39, 0.29) is 5.78 Å². The Morgan fingerprint density at radius 3 is 2.62 bits per heavy atom. The van der Waals surface area contributed by atoms with Crippen molar-refractivity contribution in [1.29, 1.82) is 0 Å². The van der Waals surface area contributed by atoms with Gasteiger partial charge in [0.2, 0.25) is 0 Å². The first-order valence-electron chi connectivity index (χ1n) is 4.90. The van der Waals surface area contributed by atoms with E-state index in [0.717, 1.165) is 5.69 Å². The molecule has 0 aliphatic heterocycles. The molecule has 0 aliphatic carbocycles. The predicted molar refractivity (Wildman–Crippen MR) is 63.9 cm³/mol. The van der Waals surface area contributed by atoms with Crippen LogP contribution in [0.25, 0.3) is 0 Å². The maximum Gasteiger partial charge on any atom is 0.193 e. The van der Waals surface area contributed by atoms with E-state index in [9.17, 15) is 4.79 Å². The quantitative estimate of drug-likeness (QED) is 0.743. The lowest BCUT2D eigenvalue weighted by Crippen LogP contribution is -2.01. The largest absolute Gasteiger partial charge is 0.289 e. The van der Waals surface area contributed by atoms with Crippen molar-refractivity contribution in [3.05, 3.63) is 64.4 Å². The van der Waals surface area contributed by atoms with Gasteiger partial charge in [0.1, 0.15) is 0 Å². The van der Waals surface area contributed by atoms with Gasteiger partial charge in [-0.2, -0.15) is 0 Å². The molecule has 0 atom stereocenters. The zero-order chi connectivity index (χ0) is 11.5. The molecule has 2 aromatic rings. The van der Waals surface area contributed by atoms with E-state index in [4.69, 9.17) is 11.6 Å². The second-order valence-corrected chi connectivity index (χ2v) is 3.96.